The molecule has 0 aliphatic rings. The fourth-order valence-electron chi connectivity index (χ4n) is 2.29. The van der Waals surface area contributed by atoms with Gasteiger partial charge >= 0.3 is 0 Å². The van der Waals surface area contributed by atoms with Gasteiger partial charge in [0.2, 0.25) is 5.91 Å². The second-order valence-corrected chi connectivity index (χ2v) is 6.39. The van der Waals surface area contributed by atoms with Crippen LogP contribution in [0.25, 0.3) is 0 Å². The van der Waals surface area contributed by atoms with Crippen molar-refractivity contribution in [2.75, 3.05) is 12.3 Å². The van der Waals surface area contributed by atoms with Gasteiger partial charge in [0.25, 0.3) is 0 Å². The number of thioether (sulfide) groups is 1. The van der Waals surface area contributed by atoms with Crippen LogP contribution in [0.2, 0.25) is 0 Å². The number of benzene rings is 1. The van der Waals surface area contributed by atoms with Gasteiger partial charge in [0.15, 0.2) is 10.9 Å². The Morgan fingerprint density at radius 3 is 2.60 bits per heavy atom. The average molecular weight is 364 g/mol. The van der Waals surface area contributed by atoms with Crippen molar-refractivity contribution in [3.8, 4) is 0 Å². The maximum Gasteiger partial charge on any atom is 0.216 e. The number of nitrogens with zero attached hydrogens (tertiary/aromatic N) is 3. The molecule has 2 rings (SSSR count). The Bertz CT molecular complexity index is 731. The summed E-state index contributed by atoms with van der Waals surface area (Å²) in [5, 5.41) is 11.8. The van der Waals surface area contributed by atoms with Crippen molar-refractivity contribution in [3.05, 3.63) is 41.5 Å². The van der Waals surface area contributed by atoms with Gasteiger partial charge in [-0.1, -0.05) is 11.8 Å². The van der Waals surface area contributed by atoms with Crippen molar-refractivity contribution in [2.45, 2.75) is 38.4 Å². The van der Waals surface area contributed by atoms with Gasteiger partial charge in [0, 0.05) is 32.0 Å². The molecule has 1 N–H and O–H groups in total. The van der Waals surface area contributed by atoms with E-state index in [1.165, 1.54) is 43.0 Å². The average Bonchev–Trinajstić information content (AvgIpc) is 2.99. The van der Waals surface area contributed by atoms with Gasteiger partial charge in [-0.2, -0.15) is 0 Å². The van der Waals surface area contributed by atoms with Crippen LogP contribution in [0.15, 0.2) is 29.4 Å². The number of Topliss-reactive ketones (excluding diaryl/α,β-unsaturated/α-hetero) is 1. The molecule has 134 valence electrons. The summed E-state index contributed by atoms with van der Waals surface area (Å²) in [6, 6.07) is 5.52. The van der Waals surface area contributed by atoms with Crippen LogP contribution in [-0.2, 0) is 17.8 Å². The number of carbonyl (C=O) groups is 2. The standard InChI is InChI=1S/C17H21FN4O2S/c1-3-22-16(5-4-10-19-12(2)23)20-21-17(22)25-11-15(24)13-6-8-14(18)9-7-13/h6-9H,3-5,10-11H2,1-2H3,(H,19,23). The lowest BCUT2D eigenvalue weighted by atomic mass is 10.1. The van der Waals surface area contributed by atoms with Crippen molar-refractivity contribution in [1.82, 2.24) is 20.1 Å². The number of hydrogen-bond acceptors (Lipinski definition) is 5. The summed E-state index contributed by atoms with van der Waals surface area (Å²) >= 11 is 1.32. The number of halogens is 1. The molecule has 0 fully saturated rings. The summed E-state index contributed by atoms with van der Waals surface area (Å²) in [7, 11) is 0. The summed E-state index contributed by atoms with van der Waals surface area (Å²) in [6.45, 7) is 4.78. The van der Waals surface area contributed by atoms with Gasteiger partial charge in [-0.25, -0.2) is 4.39 Å². The lowest BCUT2D eigenvalue weighted by Gasteiger charge is -2.07. The Kier molecular flexibility index (Phi) is 7.12. The third-order valence-corrected chi connectivity index (χ3v) is 4.53. The van der Waals surface area contributed by atoms with E-state index in [-0.39, 0.29) is 23.3 Å². The Morgan fingerprint density at radius 2 is 1.96 bits per heavy atom. The quantitative estimate of drug-likeness (QED) is 0.420. The van der Waals surface area contributed by atoms with Crippen molar-refractivity contribution in [1.29, 1.82) is 0 Å². The van der Waals surface area contributed by atoms with E-state index in [9.17, 15) is 14.0 Å². The SMILES string of the molecule is CCn1c(CCCNC(C)=O)nnc1SCC(=O)c1ccc(F)cc1. The maximum absolute atomic E-state index is 12.9. The van der Waals surface area contributed by atoms with Crippen LogP contribution < -0.4 is 5.32 Å². The highest BCUT2D eigenvalue weighted by atomic mass is 32.2. The highest BCUT2D eigenvalue weighted by Gasteiger charge is 2.14. The lowest BCUT2D eigenvalue weighted by Crippen LogP contribution is -2.21. The van der Waals surface area contributed by atoms with E-state index >= 15 is 0 Å². The van der Waals surface area contributed by atoms with Crippen molar-refractivity contribution >= 4 is 23.5 Å². The number of hydrogen-bond donors (Lipinski definition) is 1. The number of nitrogens with one attached hydrogen (secondary N) is 1. The van der Waals surface area contributed by atoms with E-state index < -0.39 is 0 Å². The zero-order chi connectivity index (χ0) is 18.2. The molecule has 0 unspecified atom stereocenters. The van der Waals surface area contributed by atoms with Crippen LogP contribution in [0, 0.1) is 5.82 Å². The van der Waals surface area contributed by atoms with Crippen LogP contribution >= 0.6 is 11.8 Å². The topological polar surface area (TPSA) is 76.9 Å². The summed E-state index contributed by atoms with van der Waals surface area (Å²) in [5.41, 5.74) is 0.479. The monoisotopic (exact) mass is 364 g/mol. The molecule has 8 heteroatoms. The van der Waals surface area contributed by atoms with E-state index in [0.29, 0.717) is 30.2 Å². The number of amides is 1. The number of carbonyl (C=O) groups excluding carboxylic acids is 2. The van der Waals surface area contributed by atoms with E-state index in [1.54, 1.807) is 0 Å². The molecule has 25 heavy (non-hydrogen) atoms. The number of aromatic nitrogens is 3. The molecule has 0 bridgehead atoms. The molecule has 6 nitrogen and oxygen atoms in total. The molecular weight excluding hydrogens is 343 g/mol. The first-order valence-corrected chi connectivity index (χ1v) is 9.08. The van der Waals surface area contributed by atoms with Crippen molar-refractivity contribution in [2.24, 2.45) is 0 Å². The number of ketones is 1. The van der Waals surface area contributed by atoms with Crippen LogP contribution in [-0.4, -0.2) is 38.8 Å². The molecular formula is C17H21FN4O2S. The molecule has 0 saturated carbocycles. The molecule has 1 aromatic heterocycles. The molecule has 0 aliphatic carbocycles. The molecule has 1 aromatic carbocycles. The third kappa shape index (κ3) is 5.67. The molecule has 1 amide bonds. The Labute approximate surface area is 150 Å². The minimum absolute atomic E-state index is 0.0486. The predicted octanol–water partition coefficient (Wildman–Crippen LogP) is 2.48. The second-order valence-electron chi connectivity index (χ2n) is 5.45. The highest BCUT2D eigenvalue weighted by Crippen LogP contribution is 2.19. The van der Waals surface area contributed by atoms with Crippen LogP contribution in [0.5, 0.6) is 0 Å². The Balaban J connectivity index is 1.92. The highest BCUT2D eigenvalue weighted by molar-refractivity contribution is 7.99. The number of rotatable bonds is 9. The smallest absolute Gasteiger partial charge is 0.216 e. The van der Waals surface area contributed by atoms with E-state index in [4.69, 9.17) is 0 Å². The predicted molar refractivity (Wildman–Crippen MR) is 94.2 cm³/mol. The first-order chi connectivity index (χ1) is 12.0. The summed E-state index contributed by atoms with van der Waals surface area (Å²) < 4.78 is 14.9. The summed E-state index contributed by atoms with van der Waals surface area (Å²) in [5.74, 6) is 0.564. The first kappa shape index (κ1) is 19.1. The molecule has 0 radical (unpaired) electrons. The maximum atomic E-state index is 12.9. The van der Waals surface area contributed by atoms with Crippen LogP contribution in [0.3, 0.4) is 0 Å². The van der Waals surface area contributed by atoms with E-state index in [1.807, 2.05) is 11.5 Å². The fraction of sp³-hybridized carbons (Fsp3) is 0.412. The van der Waals surface area contributed by atoms with Crippen LogP contribution in [0.4, 0.5) is 4.39 Å². The molecule has 0 spiro atoms. The van der Waals surface area contributed by atoms with Crippen LogP contribution in [0.1, 0.15) is 36.5 Å². The minimum Gasteiger partial charge on any atom is -0.356 e. The minimum atomic E-state index is -0.362. The van der Waals surface area contributed by atoms with Gasteiger partial charge in [-0.3, -0.25) is 9.59 Å². The van der Waals surface area contributed by atoms with E-state index in [2.05, 4.69) is 15.5 Å². The third-order valence-electron chi connectivity index (χ3n) is 3.56. The summed E-state index contributed by atoms with van der Waals surface area (Å²) in [6.07, 6.45) is 1.48. The zero-order valence-electron chi connectivity index (χ0n) is 14.3. The summed E-state index contributed by atoms with van der Waals surface area (Å²) in [4.78, 5) is 23.0. The van der Waals surface area contributed by atoms with Crippen molar-refractivity contribution < 1.29 is 14.0 Å². The largest absolute Gasteiger partial charge is 0.356 e. The lowest BCUT2D eigenvalue weighted by molar-refractivity contribution is -0.118. The Hall–Kier alpha value is -2.22. The Morgan fingerprint density at radius 1 is 1.24 bits per heavy atom. The first-order valence-electron chi connectivity index (χ1n) is 8.09. The zero-order valence-corrected chi connectivity index (χ0v) is 15.1. The molecule has 0 aliphatic heterocycles. The number of aryl methyl sites for hydroxylation is 1. The fourth-order valence-corrected chi connectivity index (χ4v) is 3.20. The molecule has 2 aromatic rings. The normalized spacial score (nSPS) is 10.7. The van der Waals surface area contributed by atoms with Gasteiger partial charge in [0.1, 0.15) is 11.6 Å². The molecule has 1 heterocycles. The second kappa shape index (κ2) is 9.31. The van der Waals surface area contributed by atoms with Gasteiger partial charge < -0.3 is 9.88 Å². The van der Waals surface area contributed by atoms with E-state index in [0.717, 1.165) is 12.2 Å². The van der Waals surface area contributed by atoms with Crippen molar-refractivity contribution in [3.63, 3.8) is 0 Å². The van der Waals surface area contributed by atoms with Gasteiger partial charge in [-0.05, 0) is 37.6 Å². The molecule has 0 saturated heterocycles. The van der Waals surface area contributed by atoms with Gasteiger partial charge in [-0.15, -0.1) is 10.2 Å². The van der Waals surface area contributed by atoms with Gasteiger partial charge in [0.05, 0.1) is 5.75 Å². The molecule has 0 atom stereocenters.